The minimum atomic E-state index is -0.260. The van der Waals surface area contributed by atoms with Crippen molar-refractivity contribution in [3.63, 3.8) is 0 Å². The predicted octanol–water partition coefficient (Wildman–Crippen LogP) is 5.65. The number of benzene rings is 2. The van der Waals surface area contributed by atoms with Crippen LogP contribution in [0.1, 0.15) is 74.6 Å². The summed E-state index contributed by atoms with van der Waals surface area (Å²) in [5.41, 5.74) is 1.98. The third kappa shape index (κ3) is 6.24. The first-order valence-corrected chi connectivity index (χ1v) is 13.8. The van der Waals surface area contributed by atoms with Crippen molar-refractivity contribution in [2.24, 2.45) is 11.8 Å². The molecule has 0 aliphatic heterocycles. The van der Waals surface area contributed by atoms with Gasteiger partial charge in [0.1, 0.15) is 23.1 Å². The minimum Gasteiger partial charge on any atom is -0.497 e. The molecule has 1 heterocycles. The number of aromatic amines is 1. The van der Waals surface area contributed by atoms with E-state index >= 15 is 0 Å². The van der Waals surface area contributed by atoms with Gasteiger partial charge in [0.15, 0.2) is 0 Å². The van der Waals surface area contributed by atoms with Crippen molar-refractivity contribution in [3.8, 4) is 11.5 Å². The minimum absolute atomic E-state index is 0.152. The van der Waals surface area contributed by atoms with Crippen LogP contribution >= 0.6 is 0 Å². The number of ketones is 2. The van der Waals surface area contributed by atoms with Crippen LogP contribution in [0.4, 0.5) is 11.9 Å². The molecule has 0 amide bonds. The van der Waals surface area contributed by atoms with E-state index in [1.54, 1.807) is 14.2 Å². The van der Waals surface area contributed by atoms with Crippen LogP contribution < -0.4 is 20.1 Å². The van der Waals surface area contributed by atoms with Gasteiger partial charge in [-0.2, -0.15) is 4.98 Å². The van der Waals surface area contributed by atoms with Crippen molar-refractivity contribution in [1.29, 1.82) is 0 Å². The standard InChI is InChI=1S/C30H37N5O4/c1-38-21-15-11-19(12-16-21)27(23-7-3-5-9-25(23)36)31-29-33-30(35-34-29)32-28(24-8-4-6-10-26(24)37)20-13-17-22(39-2)18-14-20/h11-18,23-24,27-28H,3-10H2,1-2H3,(H3,31,32,33,34,35). The van der Waals surface area contributed by atoms with E-state index in [-0.39, 0.29) is 35.5 Å². The molecule has 5 rings (SSSR count). The first kappa shape index (κ1) is 26.7. The van der Waals surface area contributed by atoms with Crippen LogP contribution in [0.15, 0.2) is 48.5 Å². The number of nitrogens with one attached hydrogen (secondary N) is 3. The van der Waals surface area contributed by atoms with E-state index in [9.17, 15) is 9.59 Å². The van der Waals surface area contributed by atoms with E-state index in [1.165, 1.54) is 0 Å². The maximum Gasteiger partial charge on any atom is 0.244 e. The Morgan fingerprint density at radius 3 is 1.69 bits per heavy atom. The molecule has 0 bridgehead atoms. The molecule has 3 N–H and O–H groups in total. The van der Waals surface area contributed by atoms with Gasteiger partial charge >= 0.3 is 0 Å². The molecule has 2 aliphatic rings. The molecule has 39 heavy (non-hydrogen) atoms. The van der Waals surface area contributed by atoms with E-state index in [0.29, 0.717) is 24.7 Å². The molecule has 0 saturated heterocycles. The summed E-state index contributed by atoms with van der Waals surface area (Å²) >= 11 is 0. The van der Waals surface area contributed by atoms with Crippen LogP contribution in [0.2, 0.25) is 0 Å². The fraction of sp³-hybridized carbons (Fsp3) is 0.467. The van der Waals surface area contributed by atoms with Crippen LogP contribution in [-0.2, 0) is 9.59 Å². The summed E-state index contributed by atoms with van der Waals surface area (Å²) in [4.78, 5) is 30.5. The van der Waals surface area contributed by atoms with Gasteiger partial charge in [-0.3, -0.25) is 9.59 Å². The number of aromatic nitrogens is 3. The Balaban J connectivity index is 1.38. The third-order valence-corrected chi connectivity index (χ3v) is 8.02. The molecule has 4 unspecified atom stereocenters. The molecule has 2 saturated carbocycles. The van der Waals surface area contributed by atoms with E-state index < -0.39 is 0 Å². The first-order valence-electron chi connectivity index (χ1n) is 13.8. The predicted molar refractivity (Wildman–Crippen MR) is 149 cm³/mol. The largest absolute Gasteiger partial charge is 0.497 e. The van der Waals surface area contributed by atoms with Crippen molar-refractivity contribution in [2.45, 2.75) is 63.5 Å². The van der Waals surface area contributed by atoms with Gasteiger partial charge in [0, 0.05) is 24.7 Å². The number of hydrogen-bond acceptors (Lipinski definition) is 8. The Morgan fingerprint density at radius 2 is 1.23 bits per heavy atom. The summed E-state index contributed by atoms with van der Waals surface area (Å²) in [5, 5.41) is 14.3. The number of carbonyl (C=O) groups excluding carboxylic acids is 2. The number of H-pyrrole nitrogens is 1. The van der Waals surface area contributed by atoms with Crippen molar-refractivity contribution >= 4 is 23.5 Å². The maximum atomic E-state index is 12.9. The van der Waals surface area contributed by atoms with Gasteiger partial charge in [0.05, 0.1) is 26.3 Å². The van der Waals surface area contributed by atoms with Gasteiger partial charge in [0.25, 0.3) is 0 Å². The average Bonchev–Trinajstić information content (AvgIpc) is 3.43. The monoisotopic (exact) mass is 531 g/mol. The Labute approximate surface area is 229 Å². The smallest absolute Gasteiger partial charge is 0.244 e. The maximum absolute atomic E-state index is 12.9. The normalized spacial score (nSPS) is 21.2. The number of methoxy groups -OCH3 is 2. The second-order valence-corrected chi connectivity index (χ2v) is 10.4. The van der Waals surface area contributed by atoms with E-state index in [4.69, 9.17) is 9.47 Å². The summed E-state index contributed by atoms with van der Waals surface area (Å²) in [7, 11) is 3.27. The van der Waals surface area contributed by atoms with Gasteiger partial charge in [-0.05, 0) is 61.1 Å². The number of ether oxygens (including phenoxy) is 2. The lowest BCUT2D eigenvalue weighted by Crippen LogP contribution is -2.31. The van der Waals surface area contributed by atoms with Gasteiger partial charge in [-0.25, -0.2) is 5.10 Å². The quantitative estimate of drug-likeness (QED) is 0.307. The molecule has 3 aromatic rings. The van der Waals surface area contributed by atoms with E-state index in [1.807, 2.05) is 48.5 Å². The zero-order chi connectivity index (χ0) is 27.2. The van der Waals surface area contributed by atoms with Gasteiger partial charge in [0.2, 0.25) is 11.9 Å². The fourth-order valence-corrected chi connectivity index (χ4v) is 5.86. The van der Waals surface area contributed by atoms with Crippen molar-refractivity contribution < 1.29 is 19.1 Å². The molecule has 9 heteroatoms. The second-order valence-electron chi connectivity index (χ2n) is 10.4. The van der Waals surface area contributed by atoms with Crippen LogP contribution in [0, 0.1) is 11.8 Å². The molecule has 206 valence electrons. The number of carbonyl (C=O) groups is 2. The SMILES string of the molecule is COc1ccc(C(Nc2n[nH]c(NC(c3ccc(OC)cc3)C3CCCCC3=O)n2)C2CCCCC2=O)cc1. The number of Topliss-reactive ketones (excluding diaryl/α,β-unsaturated/α-hetero) is 2. The molecule has 2 aliphatic carbocycles. The van der Waals surface area contributed by atoms with Crippen molar-refractivity contribution in [1.82, 2.24) is 15.2 Å². The van der Waals surface area contributed by atoms with E-state index in [2.05, 4.69) is 25.8 Å². The van der Waals surface area contributed by atoms with Crippen molar-refractivity contribution in [2.75, 3.05) is 24.9 Å². The molecule has 0 radical (unpaired) electrons. The Morgan fingerprint density at radius 1 is 0.744 bits per heavy atom. The topological polar surface area (TPSA) is 118 Å². The van der Waals surface area contributed by atoms with Gasteiger partial charge in [-0.15, -0.1) is 5.10 Å². The highest BCUT2D eigenvalue weighted by Crippen LogP contribution is 2.37. The third-order valence-electron chi connectivity index (χ3n) is 8.02. The van der Waals surface area contributed by atoms with Gasteiger partial charge in [-0.1, -0.05) is 37.1 Å². The zero-order valence-electron chi connectivity index (χ0n) is 22.6. The first-order chi connectivity index (χ1) is 19.1. The summed E-state index contributed by atoms with van der Waals surface area (Å²) in [5.74, 6) is 2.62. The number of rotatable bonds is 10. The molecular formula is C30H37N5O4. The highest BCUT2D eigenvalue weighted by molar-refractivity contribution is 5.83. The van der Waals surface area contributed by atoms with Gasteiger partial charge < -0.3 is 20.1 Å². The molecule has 1 aromatic heterocycles. The lowest BCUT2D eigenvalue weighted by Gasteiger charge is -2.30. The Hall–Kier alpha value is -3.88. The van der Waals surface area contributed by atoms with Crippen molar-refractivity contribution in [3.05, 3.63) is 59.7 Å². The summed E-state index contributed by atoms with van der Waals surface area (Å²) < 4.78 is 10.7. The Bertz CT molecular complexity index is 1160. The van der Waals surface area contributed by atoms with Crippen LogP contribution in [0.3, 0.4) is 0 Å². The second kappa shape index (κ2) is 12.3. The Kier molecular flexibility index (Phi) is 8.44. The summed E-state index contributed by atoms with van der Waals surface area (Å²) in [6.07, 6.45) is 6.75. The van der Waals surface area contributed by atoms with Crippen LogP contribution in [0.25, 0.3) is 0 Å². The number of nitrogens with zero attached hydrogens (tertiary/aromatic N) is 2. The number of anilines is 2. The average molecular weight is 532 g/mol. The molecular weight excluding hydrogens is 494 g/mol. The lowest BCUT2D eigenvalue weighted by molar-refractivity contribution is -0.125. The van der Waals surface area contributed by atoms with Crippen LogP contribution in [-0.4, -0.2) is 41.0 Å². The molecule has 0 spiro atoms. The molecule has 2 fully saturated rings. The number of hydrogen-bond donors (Lipinski definition) is 3. The summed E-state index contributed by atoms with van der Waals surface area (Å²) in [6, 6.07) is 15.1. The highest BCUT2D eigenvalue weighted by atomic mass is 16.5. The lowest BCUT2D eigenvalue weighted by atomic mass is 9.80. The zero-order valence-corrected chi connectivity index (χ0v) is 22.6. The van der Waals surface area contributed by atoms with E-state index in [0.717, 1.165) is 61.2 Å². The van der Waals surface area contributed by atoms with Crippen LogP contribution in [0.5, 0.6) is 11.5 Å². The fourth-order valence-electron chi connectivity index (χ4n) is 5.86. The molecule has 2 aromatic carbocycles. The molecule has 9 nitrogen and oxygen atoms in total. The molecule has 4 atom stereocenters. The summed E-state index contributed by atoms with van der Waals surface area (Å²) in [6.45, 7) is 0. The highest BCUT2D eigenvalue weighted by Gasteiger charge is 2.34.